The van der Waals surface area contributed by atoms with Crippen LogP contribution in [0.15, 0.2) is 22.7 Å². The number of imide groups is 1. The first-order valence-electron chi connectivity index (χ1n) is 5.85. The van der Waals surface area contributed by atoms with Crippen LogP contribution in [0.5, 0.6) is 0 Å². The predicted molar refractivity (Wildman–Crippen MR) is 71.7 cm³/mol. The van der Waals surface area contributed by atoms with Crippen LogP contribution in [0.4, 0.5) is 4.39 Å². The molecule has 1 heterocycles. The minimum Gasteiger partial charge on any atom is -0.295 e. The molecule has 1 aromatic rings. The SMILES string of the molecule is CC1(C)NCC(=O)N(Cc2cccc(F)c2Br)C1=O. The van der Waals surface area contributed by atoms with Crippen molar-refractivity contribution in [2.75, 3.05) is 6.54 Å². The lowest BCUT2D eigenvalue weighted by atomic mass is 10.00. The lowest BCUT2D eigenvalue weighted by Crippen LogP contribution is -2.63. The average Bonchev–Trinajstić information content (AvgIpc) is 2.35. The molecule has 0 bridgehead atoms. The van der Waals surface area contributed by atoms with Gasteiger partial charge in [0.1, 0.15) is 5.82 Å². The zero-order valence-corrected chi connectivity index (χ0v) is 12.3. The van der Waals surface area contributed by atoms with E-state index >= 15 is 0 Å². The molecule has 1 aliphatic heterocycles. The first-order valence-corrected chi connectivity index (χ1v) is 6.65. The second kappa shape index (κ2) is 5.02. The van der Waals surface area contributed by atoms with Crippen LogP contribution in [0.2, 0.25) is 0 Å². The first-order chi connectivity index (χ1) is 8.83. The van der Waals surface area contributed by atoms with Crippen LogP contribution < -0.4 is 5.32 Å². The smallest absolute Gasteiger partial charge is 0.249 e. The number of carbonyl (C=O) groups excluding carboxylic acids is 2. The number of benzene rings is 1. The van der Waals surface area contributed by atoms with Gasteiger partial charge in [-0.05, 0) is 41.4 Å². The Hall–Kier alpha value is -1.27. The Morgan fingerprint density at radius 3 is 2.79 bits per heavy atom. The molecule has 6 heteroatoms. The van der Waals surface area contributed by atoms with E-state index < -0.39 is 11.4 Å². The minimum absolute atomic E-state index is 0.0706. The summed E-state index contributed by atoms with van der Waals surface area (Å²) in [7, 11) is 0. The summed E-state index contributed by atoms with van der Waals surface area (Å²) in [6.07, 6.45) is 0. The Kier molecular flexibility index (Phi) is 3.73. The van der Waals surface area contributed by atoms with Gasteiger partial charge in [-0.1, -0.05) is 12.1 Å². The number of rotatable bonds is 2. The first kappa shape index (κ1) is 14.1. The fourth-order valence-electron chi connectivity index (χ4n) is 1.92. The molecule has 0 unspecified atom stereocenters. The molecule has 0 saturated carbocycles. The molecule has 0 spiro atoms. The molecule has 1 N–H and O–H groups in total. The van der Waals surface area contributed by atoms with Gasteiger partial charge < -0.3 is 0 Å². The molecule has 2 amide bonds. The largest absolute Gasteiger partial charge is 0.295 e. The third kappa shape index (κ3) is 2.69. The van der Waals surface area contributed by atoms with Gasteiger partial charge in [0.15, 0.2) is 0 Å². The maximum absolute atomic E-state index is 13.4. The van der Waals surface area contributed by atoms with Crippen LogP contribution >= 0.6 is 15.9 Å². The van der Waals surface area contributed by atoms with Crippen LogP contribution in [0.3, 0.4) is 0 Å². The molecule has 0 aromatic heterocycles. The summed E-state index contributed by atoms with van der Waals surface area (Å²) in [4.78, 5) is 25.2. The molecule has 19 heavy (non-hydrogen) atoms. The molecule has 1 fully saturated rings. The summed E-state index contributed by atoms with van der Waals surface area (Å²) < 4.78 is 13.7. The highest BCUT2D eigenvalue weighted by atomic mass is 79.9. The van der Waals surface area contributed by atoms with Crippen molar-refractivity contribution >= 4 is 27.7 Å². The highest BCUT2D eigenvalue weighted by molar-refractivity contribution is 9.10. The van der Waals surface area contributed by atoms with E-state index in [-0.39, 0.29) is 29.4 Å². The molecule has 0 radical (unpaired) electrons. The second-order valence-corrected chi connectivity index (χ2v) is 5.77. The van der Waals surface area contributed by atoms with Crippen molar-refractivity contribution in [3.05, 3.63) is 34.1 Å². The Morgan fingerprint density at radius 2 is 2.11 bits per heavy atom. The van der Waals surface area contributed by atoms with Gasteiger partial charge in [0, 0.05) is 0 Å². The zero-order chi connectivity index (χ0) is 14.2. The van der Waals surface area contributed by atoms with Crippen LogP contribution in [-0.4, -0.2) is 28.8 Å². The van der Waals surface area contributed by atoms with E-state index in [0.29, 0.717) is 5.56 Å². The molecule has 4 nitrogen and oxygen atoms in total. The second-order valence-electron chi connectivity index (χ2n) is 4.98. The van der Waals surface area contributed by atoms with Crippen molar-refractivity contribution in [1.82, 2.24) is 10.2 Å². The third-order valence-electron chi connectivity index (χ3n) is 3.12. The van der Waals surface area contributed by atoms with Crippen molar-refractivity contribution in [2.45, 2.75) is 25.9 Å². The lowest BCUT2D eigenvalue weighted by molar-refractivity contribution is -0.153. The van der Waals surface area contributed by atoms with Crippen molar-refractivity contribution in [3.63, 3.8) is 0 Å². The van der Waals surface area contributed by atoms with Crippen LogP contribution in [0.1, 0.15) is 19.4 Å². The van der Waals surface area contributed by atoms with E-state index in [1.165, 1.54) is 6.07 Å². The van der Waals surface area contributed by atoms with Gasteiger partial charge in [-0.3, -0.25) is 19.8 Å². The van der Waals surface area contributed by atoms with Crippen molar-refractivity contribution in [3.8, 4) is 0 Å². The number of amides is 2. The Labute approximate surface area is 119 Å². The van der Waals surface area contributed by atoms with E-state index in [4.69, 9.17) is 0 Å². The Morgan fingerprint density at radius 1 is 1.42 bits per heavy atom. The Bertz CT molecular complexity index is 545. The molecular weight excluding hydrogens is 315 g/mol. The van der Waals surface area contributed by atoms with Gasteiger partial charge in [0.25, 0.3) is 0 Å². The van der Waals surface area contributed by atoms with E-state index in [9.17, 15) is 14.0 Å². The molecule has 102 valence electrons. The lowest BCUT2D eigenvalue weighted by Gasteiger charge is -2.36. The fourth-order valence-corrected chi connectivity index (χ4v) is 2.31. The zero-order valence-electron chi connectivity index (χ0n) is 10.7. The number of nitrogens with zero attached hydrogens (tertiary/aromatic N) is 1. The molecular formula is C13H14BrFN2O2. The van der Waals surface area contributed by atoms with Crippen LogP contribution in [-0.2, 0) is 16.1 Å². The minimum atomic E-state index is -0.784. The number of hydrogen-bond donors (Lipinski definition) is 1. The molecule has 0 atom stereocenters. The summed E-state index contributed by atoms with van der Waals surface area (Å²) >= 11 is 3.14. The quantitative estimate of drug-likeness (QED) is 0.842. The average molecular weight is 329 g/mol. The van der Waals surface area contributed by atoms with Gasteiger partial charge in [-0.25, -0.2) is 4.39 Å². The third-order valence-corrected chi connectivity index (χ3v) is 4.01. The van der Waals surface area contributed by atoms with Crippen LogP contribution in [0, 0.1) is 5.82 Å². The number of halogens is 2. The summed E-state index contributed by atoms with van der Waals surface area (Å²) in [5.74, 6) is -1.02. The monoisotopic (exact) mass is 328 g/mol. The standard InChI is InChI=1S/C13H14BrFN2O2/c1-13(2)12(19)17(10(18)6-16-13)7-8-4-3-5-9(15)11(8)14/h3-5,16H,6-7H2,1-2H3. The predicted octanol–water partition coefficient (Wildman–Crippen LogP) is 1.83. The van der Waals surface area contributed by atoms with E-state index in [2.05, 4.69) is 21.2 Å². The molecule has 1 saturated heterocycles. The summed E-state index contributed by atoms with van der Waals surface area (Å²) in [5.41, 5.74) is -0.215. The van der Waals surface area contributed by atoms with Crippen molar-refractivity contribution in [1.29, 1.82) is 0 Å². The molecule has 1 aromatic carbocycles. The summed E-state index contributed by atoms with van der Waals surface area (Å²) in [6.45, 7) is 3.61. The normalized spacial score (nSPS) is 18.8. The number of piperazine rings is 1. The van der Waals surface area contributed by atoms with Crippen molar-refractivity contribution < 1.29 is 14.0 Å². The molecule has 1 aliphatic rings. The summed E-state index contributed by atoms with van der Waals surface area (Å²) in [5, 5.41) is 2.87. The van der Waals surface area contributed by atoms with Gasteiger partial charge in [-0.2, -0.15) is 0 Å². The number of hydrogen-bond acceptors (Lipinski definition) is 3. The fraction of sp³-hybridized carbons (Fsp3) is 0.385. The van der Waals surface area contributed by atoms with Gasteiger partial charge in [0.2, 0.25) is 11.8 Å². The van der Waals surface area contributed by atoms with E-state index in [1.54, 1.807) is 26.0 Å². The number of nitrogens with one attached hydrogen (secondary N) is 1. The van der Waals surface area contributed by atoms with E-state index in [0.717, 1.165) is 4.90 Å². The Balaban J connectivity index is 2.28. The highest BCUT2D eigenvalue weighted by Crippen LogP contribution is 2.24. The van der Waals surface area contributed by atoms with Gasteiger partial charge in [-0.15, -0.1) is 0 Å². The topological polar surface area (TPSA) is 49.4 Å². The molecule has 0 aliphatic carbocycles. The maximum atomic E-state index is 13.4. The van der Waals surface area contributed by atoms with Gasteiger partial charge >= 0.3 is 0 Å². The summed E-state index contributed by atoms with van der Waals surface area (Å²) in [6, 6.07) is 4.55. The van der Waals surface area contributed by atoms with Gasteiger partial charge in [0.05, 0.1) is 23.1 Å². The van der Waals surface area contributed by atoms with Crippen molar-refractivity contribution in [2.24, 2.45) is 0 Å². The molecule has 2 rings (SSSR count). The highest BCUT2D eigenvalue weighted by Gasteiger charge is 2.39. The maximum Gasteiger partial charge on any atom is 0.249 e. The van der Waals surface area contributed by atoms with Crippen LogP contribution in [0.25, 0.3) is 0 Å². The van der Waals surface area contributed by atoms with E-state index in [1.807, 2.05) is 0 Å². The number of carbonyl (C=O) groups is 2.